The summed E-state index contributed by atoms with van der Waals surface area (Å²) in [5.74, 6) is 0.723. The number of hydrogen-bond donors (Lipinski definition) is 1. The molecule has 0 saturated carbocycles. The minimum Gasteiger partial charge on any atom is -0.361 e. The molecule has 0 bridgehead atoms. The van der Waals surface area contributed by atoms with E-state index in [1.54, 1.807) is 13.0 Å². The van der Waals surface area contributed by atoms with Gasteiger partial charge in [-0.3, -0.25) is 0 Å². The molecular formula is C8H15N3O3S. The lowest BCUT2D eigenvalue weighted by molar-refractivity contribution is 0.390. The van der Waals surface area contributed by atoms with Gasteiger partial charge in [-0.2, -0.15) is 12.7 Å². The van der Waals surface area contributed by atoms with Crippen LogP contribution in [-0.4, -0.2) is 38.5 Å². The molecule has 1 aromatic rings. The van der Waals surface area contributed by atoms with Crippen LogP contribution < -0.4 is 4.72 Å². The summed E-state index contributed by atoms with van der Waals surface area (Å²) in [4.78, 5) is 0. The molecule has 0 amide bonds. The summed E-state index contributed by atoms with van der Waals surface area (Å²) in [6, 6.07) is 1.78. The van der Waals surface area contributed by atoms with Gasteiger partial charge in [0.05, 0.1) is 5.69 Å². The van der Waals surface area contributed by atoms with Crippen molar-refractivity contribution in [2.24, 2.45) is 0 Å². The lowest BCUT2D eigenvalue weighted by Gasteiger charge is -2.11. The molecule has 86 valence electrons. The minimum atomic E-state index is -3.34. The van der Waals surface area contributed by atoms with Crippen LogP contribution >= 0.6 is 0 Å². The average Bonchev–Trinajstić information content (AvgIpc) is 2.51. The summed E-state index contributed by atoms with van der Waals surface area (Å²) in [6.07, 6.45) is 0.518. The first kappa shape index (κ1) is 12.2. The molecule has 6 nitrogen and oxygen atoms in total. The third kappa shape index (κ3) is 3.61. The van der Waals surface area contributed by atoms with Gasteiger partial charge in [0, 0.05) is 33.1 Å². The molecule has 0 radical (unpaired) electrons. The zero-order valence-corrected chi connectivity index (χ0v) is 9.84. The first-order valence-electron chi connectivity index (χ1n) is 4.51. The van der Waals surface area contributed by atoms with E-state index >= 15 is 0 Å². The van der Waals surface area contributed by atoms with E-state index < -0.39 is 10.2 Å². The van der Waals surface area contributed by atoms with E-state index in [-0.39, 0.29) is 0 Å². The van der Waals surface area contributed by atoms with Gasteiger partial charge in [0.15, 0.2) is 0 Å². The SMILES string of the molecule is Cc1cc(CCNS(=O)(=O)N(C)C)no1. The van der Waals surface area contributed by atoms with Crippen LogP contribution in [0, 0.1) is 6.92 Å². The molecule has 1 heterocycles. The number of nitrogens with one attached hydrogen (secondary N) is 1. The fraction of sp³-hybridized carbons (Fsp3) is 0.625. The lowest BCUT2D eigenvalue weighted by atomic mass is 10.3. The van der Waals surface area contributed by atoms with Crippen molar-refractivity contribution in [2.45, 2.75) is 13.3 Å². The average molecular weight is 233 g/mol. The molecule has 1 aromatic heterocycles. The van der Waals surface area contributed by atoms with Crippen LogP contribution in [0.2, 0.25) is 0 Å². The molecule has 0 aliphatic rings. The molecule has 7 heteroatoms. The van der Waals surface area contributed by atoms with Gasteiger partial charge in [0.25, 0.3) is 10.2 Å². The smallest absolute Gasteiger partial charge is 0.278 e. The largest absolute Gasteiger partial charge is 0.361 e. The molecule has 0 unspecified atom stereocenters. The molecule has 0 atom stereocenters. The number of aromatic nitrogens is 1. The van der Waals surface area contributed by atoms with Gasteiger partial charge in [-0.25, -0.2) is 4.72 Å². The van der Waals surface area contributed by atoms with Gasteiger partial charge in [0.1, 0.15) is 5.76 Å². The fourth-order valence-corrected chi connectivity index (χ4v) is 1.59. The van der Waals surface area contributed by atoms with Crippen molar-refractivity contribution in [3.8, 4) is 0 Å². The molecule has 0 fully saturated rings. The van der Waals surface area contributed by atoms with Gasteiger partial charge < -0.3 is 4.52 Å². The lowest BCUT2D eigenvalue weighted by Crippen LogP contribution is -2.36. The Hall–Kier alpha value is -0.920. The molecule has 0 aromatic carbocycles. The maximum Gasteiger partial charge on any atom is 0.278 e. The second kappa shape index (κ2) is 4.73. The molecule has 1 N–H and O–H groups in total. The van der Waals surface area contributed by atoms with Crippen LogP contribution in [-0.2, 0) is 16.6 Å². The predicted molar refractivity (Wildman–Crippen MR) is 55.6 cm³/mol. The Labute approximate surface area is 89.4 Å². The predicted octanol–water partition coefficient (Wildman–Crippen LogP) is -0.0785. The Morgan fingerprint density at radius 1 is 1.53 bits per heavy atom. The molecule has 0 spiro atoms. The van der Waals surface area contributed by atoms with E-state index in [4.69, 9.17) is 4.52 Å². The molecule has 1 rings (SSSR count). The van der Waals surface area contributed by atoms with E-state index in [2.05, 4.69) is 9.88 Å². The van der Waals surface area contributed by atoms with Crippen LogP contribution in [0.5, 0.6) is 0 Å². The van der Waals surface area contributed by atoms with Crippen LogP contribution in [0.25, 0.3) is 0 Å². The zero-order valence-electron chi connectivity index (χ0n) is 9.02. The normalized spacial score (nSPS) is 12.3. The van der Waals surface area contributed by atoms with Crippen molar-refractivity contribution in [3.63, 3.8) is 0 Å². The van der Waals surface area contributed by atoms with E-state index in [1.165, 1.54) is 14.1 Å². The van der Waals surface area contributed by atoms with Gasteiger partial charge in [-0.1, -0.05) is 5.16 Å². The summed E-state index contributed by atoms with van der Waals surface area (Å²) < 4.78 is 31.0. The summed E-state index contributed by atoms with van der Waals surface area (Å²) in [5, 5.41) is 3.76. The van der Waals surface area contributed by atoms with Crippen LogP contribution in [0.4, 0.5) is 0 Å². The molecule has 15 heavy (non-hydrogen) atoms. The van der Waals surface area contributed by atoms with Crippen molar-refractivity contribution in [2.75, 3.05) is 20.6 Å². The first-order valence-corrected chi connectivity index (χ1v) is 5.95. The molecular weight excluding hydrogens is 218 g/mol. The highest BCUT2D eigenvalue weighted by Gasteiger charge is 2.12. The number of rotatable bonds is 5. The summed E-state index contributed by atoms with van der Waals surface area (Å²) >= 11 is 0. The van der Waals surface area contributed by atoms with E-state index in [1.807, 2.05) is 0 Å². The van der Waals surface area contributed by atoms with Crippen LogP contribution in [0.15, 0.2) is 10.6 Å². The van der Waals surface area contributed by atoms with Crippen molar-refractivity contribution < 1.29 is 12.9 Å². The number of hydrogen-bond acceptors (Lipinski definition) is 4. The Balaban J connectivity index is 2.40. The van der Waals surface area contributed by atoms with Crippen molar-refractivity contribution in [1.29, 1.82) is 0 Å². The van der Waals surface area contributed by atoms with Crippen molar-refractivity contribution >= 4 is 10.2 Å². The summed E-state index contributed by atoms with van der Waals surface area (Å²) in [6.45, 7) is 2.10. The Bertz CT molecular complexity index is 411. The second-order valence-corrected chi connectivity index (χ2v) is 5.33. The highest BCUT2D eigenvalue weighted by molar-refractivity contribution is 7.87. The van der Waals surface area contributed by atoms with Gasteiger partial charge in [-0.15, -0.1) is 0 Å². The highest BCUT2D eigenvalue weighted by atomic mass is 32.2. The zero-order chi connectivity index (χ0) is 11.5. The molecule has 0 aliphatic carbocycles. The van der Waals surface area contributed by atoms with E-state index in [9.17, 15) is 8.42 Å². The van der Waals surface area contributed by atoms with Crippen molar-refractivity contribution in [3.05, 3.63) is 17.5 Å². The van der Waals surface area contributed by atoms with E-state index in [0.717, 1.165) is 15.8 Å². The second-order valence-electron chi connectivity index (χ2n) is 3.36. The topological polar surface area (TPSA) is 75.4 Å². The Morgan fingerprint density at radius 2 is 2.20 bits per heavy atom. The quantitative estimate of drug-likeness (QED) is 0.772. The minimum absolute atomic E-state index is 0.312. The first-order chi connectivity index (χ1) is 6.92. The highest BCUT2D eigenvalue weighted by Crippen LogP contribution is 2.01. The molecule has 0 aliphatic heterocycles. The fourth-order valence-electron chi connectivity index (χ4n) is 0.973. The molecule has 0 saturated heterocycles. The number of aryl methyl sites for hydroxylation is 1. The van der Waals surface area contributed by atoms with Crippen molar-refractivity contribution in [1.82, 2.24) is 14.2 Å². The van der Waals surface area contributed by atoms with Crippen LogP contribution in [0.3, 0.4) is 0 Å². The standard InChI is InChI=1S/C8H15N3O3S/c1-7-6-8(10-14-7)4-5-9-15(12,13)11(2)3/h6,9H,4-5H2,1-3H3. The van der Waals surface area contributed by atoms with Gasteiger partial charge >= 0.3 is 0 Å². The Morgan fingerprint density at radius 3 is 2.67 bits per heavy atom. The monoisotopic (exact) mass is 233 g/mol. The maximum absolute atomic E-state index is 11.3. The Kier molecular flexibility index (Phi) is 3.83. The summed E-state index contributed by atoms with van der Waals surface area (Å²) in [5.41, 5.74) is 0.744. The summed E-state index contributed by atoms with van der Waals surface area (Å²) in [7, 11) is -0.387. The third-order valence-corrected chi connectivity index (χ3v) is 3.35. The van der Waals surface area contributed by atoms with Crippen LogP contribution in [0.1, 0.15) is 11.5 Å². The van der Waals surface area contributed by atoms with Gasteiger partial charge in [0.2, 0.25) is 0 Å². The number of nitrogens with zero attached hydrogens (tertiary/aromatic N) is 2. The maximum atomic E-state index is 11.3. The van der Waals surface area contributed by atoms with Gasteiger partial charge in [-0.05, 0) is 6.92 Å². The third-order valence-electron chi connectivity index (χ3n) is 1.82. The van der Waals surface area contributed by atoms with E-state index in [0.29, 0.717) is 13.0 Å².